The van der Waals surface area contributed by atoms with Gasteiger partial charge in [0.2, 0.25) is 5.91 Å². The number of nitrogens with one attached hydrogen (secondary N) is 1. The first kappa shape index (κ1) is 24.8. The normalized spacial score (nSPS) is 10.9. The zero-order chi connectivity index (χ0) is 24.7. The van der Waals surface area contributed by atoms with E-state index in [0.717, 1.165) is 4.31 Å². The number of benzene rings is 3. The summed E-state index contributed by atoms with van der Waals surface area (Å²) >= 11 is 0. The standard InChI is InChI=1S/C24H25FN2O6S/c1-4-33-18-11-9-17(10-12-18)27(16-24(28)26-21-8-6-5-7-20(21)25)34(29,30)19-13-14-22(31-2)23(15-19)32-3/h5-15H,4,16H2,1-3H3,(H,26,28). The minimum Gasteiger partial charge on any atom is -0.494 e. The number of nitrogens with zero attached hydrogens (tertiary/aromatic N) is 1. The predicted molar refractivity (Wildman–Crippen MR) is 127 cm³/mol. The first-order chi connectivity index (χ1) is 16.3. The summed E-state index contributed by atoms with van der Waals surface area (Å²) in [5.41, 5.74) is 0.171. The molecule has 3 rings (SSSR count). The highest BCUT2D eigenvalue weighted by Gasteiger charge is 2.28. The molecule has 10 heteroatoms. The first-order valence-corrected chi connectivity index (χ1v) is 11.8. The van der Waals surface area contributed by atoms with Crippen molar-refractivity contribution >= 4 is 27.3 Å². The smallest absolute Gasteiger partial charge is 0.264 e. The largest absolute Gasteiger partial charge is 0.494 e. The Hall–Kier alpha value is -3.79. The quantitative estimate of drug-likeness (QED) is 0.462. The van der Waals surface area contributed by atoms with Crippen LogP contribution in [0.15, 0.2) is 71.6 Å². The lowest BCUT2D eigenvalue weighted by Crippen LogP contribution is -2.38. The molecule has 0 unspecified atom stereocenters. The molecule has 180 valence electrons. The molecule has 8 nitrogen and oxygen atoms in total. The van der Waals surface area contributed by atoms with Crippen LogP contribution in [-0.4, -0.2) is 41.7 Å². The van der Waals surface area contributed by atoms with Crippen LogP contribution in [0.4, 0.5) is 15.8 Å². The van der Waals surface area contributed by atoms with Gasteiger partial charge in [0.05, 0.1) is 37.1 Å². The molecule has 0 aliphatic heterocycles. The Morgan fingerprint density at radius 1 is 0.971 bits per heavy atom. The van der Waals surface area contributed by atoms with Crippen molar-refractivity contribution < 1.29 is 31.8 Å². The third-order valence-electron chi connectivity index (χ3n) is 4.81. The van der Waals surface area contributed by atoms with E-state index in [1.165, 1.54) is 62.8 Å². The van der Waals surface area contributed by atoms with Gasteiger partial charge in [0.15, 0.2) is 11.5 Å². The number of hydrogen-bond donors (Lipinski definition) is 1. The van der Waals surface area contributed by atoms with E-state index in [2.05, 4.69) is 5.32 Å². The van der Waals surface area contributed by atoms with Crippen LogP contribution in [0.5, 0.6) is 17.2 Å². The molecule has 0 saturated heterocycles. The van der Waals surface area contributed by atoms with Crippen molar-refractivity contribution in [1.82, 2.24) is 0 Å². The van der Waals surface area contributed by atoms with E-state index < -0.39 is 28.3 Å². The van der Waals surface area contributed by atoms with E-state index in [0.29, 0.717) is 18.1 Å². The van der Waals surface area contributed by atoms with Crippen LogP contribution in [-0.2, 0) is 14.8 Å². The maximum Gasteiger partial charge on any atom is 0.264 e. The SMILES string of the molecule is CCOc1ccc(N(CC(=O)Nc2ccccc2F)S(=O)(=O)c2ccc(OC)c(OC)c2)cc1. The summed E-state index contributed by atoms with van der Waals surface area (Å²) in [6, 6.07) is 16.0. The molecule has 0 aliphatic rings. The number of hydrogen-bond acceptors (Lipinski definition) is 6. The zero-order valence-electron chi connectivity index (χ0n) is 18.9. The van der Waals surface area contributed by atoms with E-state index in [9.17, 15) is 17.6 Å². The van der Waals surface area contributed by atoms with Crippen molar-refractivity contribution in [1.29, 1.82) is 0 Å². The second-order valence-corrected chi connectivity index (χ2v) is 8.85. The molecule has 0 aromatic heterocycles. The average molecular weight is 489 g/mol. The van der Waals surface area contributed by atoms with Gasteiger partial charge in [-0.25, -0.2) is 12.8 Å². The summed E-state index contributed by atoms with van der Waals surface area (Å²) in [5, 5.41) is 2.42. The minimum atomic E-state index is -4.23. The Morgan fingerprint density at radius 3 is 2.26 bits per heavy atom. The lowest BCUT2D eigenvalue weighted by atomic mass is 10.3. The van der Waals surface area contributed by atoms with Gasteiger partial charge in [-0.15, -0.1) is 0 Å². The van der Waals surface area contributed by atoms with Gasteiger partial charge in [0, 0.05) is 6.07 Å². The number of ether oxygens (including phenoxy) is 3. The number of amides is 1. The van der Waals surface area contributed by atoms with Crippen molar-refractivity contribution in [2.24, 2.45) is 0 Å². The van der Waals surface area contributed by atoms with Gasteiger partial charge < -0.3 is 19.5 Å². The van der Waals surface area contributed by atoms with Crippen molar-refractivity contribution in [2.45, 2.75) is 11.8 Å². The molecule has 1 N–H and O–H groups in total. The number of sulfonamides is 1. The number of anilines is 2. The molecule has 0 saturated carbocycles. The Kier molecular flexibility index (Phi) is 7.95. The first-order valence-electron chi connectivity index (χ1n) is 10.3. The molecule has 0 aliphatic carbocycles. The second kappa shape index (κ2) is 10.9. The lowest BCUT2D eigenvalue weighted by molar-refractivity contribution is -0.114. The van der Waals surface area contributed by atoms with E-state index in [1.54, 1.807) is 18.2 Å². The van der Waals surface area contributed by atoms with Crippen LogP contribution in [0.3, 0.4) is 0 Å². The third-order valence-corrected chi connectivity index (χ3v) is 6.58. The van der Waals surface area contributed by atoms with E-state index in [4.69, 9.17) is 14.2 Å². The summed E-state index contributed by atoms with van der Waals surface area (Å²) in [4.78, 5) is 12.7. The second-order valence-electron chi connectivity index (χ2n) is 6.98. The summed E-state index contributed by atoms with van der Waals surface area (Å²) in [6.45, 7) is 1.67. The maximum atomic E-state index is 14.0. The van der Waals surface area contributed by atoms with Gasteiger partial charge >= 0.3 is 0 Å². The number of para-hydroxylation sites is 1. The number of carbonyl (C=O) groups excluding carboxylic acids is 1. The molecule has 0 heterocycles. The van der Waals surface area contributed by atoms with Crippen molar-refractivity contribution in [3.8, 4) is 17.2 Å². The predicted octanol–water partition coefficient (Wildman–Crippen LogP) is 4.08. The van der Waals surface area contributed by atoms with E-state index in [1.807, 2.05) is 6.92 Å². The van der Waals surface area contributed by atoms with E-state index >= 15 is 0 Å². The van der Waals surface area contributed by atoms with Gasteiger partial charge in [0.25, 0.3) is 10.0 Å². The lowest BCUT2D eigenvalue weighted by Gasteiger charge is -2.25. The molecule has 34 heavy (non-hydrogen) atoms. The highest BCUT2D eigenvalue weighted by atomic mass is 32.2. The Bertz CT molecular complexity index is 1250. The van der Waals surface area contributed by atoms with Gasteiger partial charge in [-0.05, 0) is 55.5 Å². The fraction of sp³-hybridized carbons (Fsp3) is 0.208. The average Bonchev–Trinajstić information content (AvgIpc) is 2.84. The number of halogens is 1. The van der Waals surface area contributed by atoms with Crippen LogP contribution < -0.4 is 23.8 Å². The number of rotatable bonds is 10. The van der Waals surface area contributed by atoms with Crippen LogP contribution in [0, 0.1) is 5.82 Å². The summed E-state index contributed by atoms with van der Waals surface area (Å²) in [5.74, 6) is -0.239. The van der Waals surface area contributed by atoms with Gasteiger partial charge in [-0.2, -0.15) is 0 Å². The fourth-order valence-corrected chi connectivity index (χ4v) is 4.61. The summed E-state index contributed by atoms with van der Waals surface area (Å²) in [6.07, 6.45) is 0. The molecule has 0 atom stereocenters. The zero-order valence-corrected chi connectivity index (χ0v) is 19.8. The Morgan fingerprint density at radius 2 is 1.65 bits per heavy atom. The molecule has 0 spiro atoms. The molecular formula is C24H25FN2O6S. The molecule has 1 amide bonds. The number of methoxy groups -OCH3 is 2. The molecule has 0 bridgehead atoms. The van der Waals surface area contributed by atoms with Gasteiger partial charge in [-0.1, -0.05) is 12.1 Å². The fourth-order valence-electron chi connectivity index (χ4n) is 3.18. The van der Waals surface area contributed by atoms with Crippen LogP contribution in [0.1, 0.15) is 6.92 Å². The highest BCUT2D eigenvalue weighted by Crippen LogP contribution is 2.32. The van der Waals surface area contributed by atoms with Crippen molar-refractivity contribution in [2.75, 3.05) is 37.0 Å². The molecule has 0 fully saturated rings. The van der Waals surface area contributed by atoms with Crippen LogP contribution >= 0.6 is 0 Å². The topological polar surface area (TPSA) is 94.2 Å². The van der Waals surface area contributed by atoms with Crippen molar-refractivity contribution in [3.05, 3.63) is 72.5 Å². The van der Waals surface area contributed by atoms with Crippen LogP contribution in [0.25, 0.3) is 0 Å². The minimum absolute atomic E-state index is 0.0531. The molecule has 3 aromatic carbocycles. The Labute approximate surface area is 197 Å². The number of carbonyl (C=O) groups is 1. The van der Waals surface area contributed by atoms with E-state index in [-0.39, 0.29) is 22.0 Å². The van der Waals surface area contributed by atoms with Gasteiger partial charge in [0.1, 0.15) is 18.1 Å². The molecule has 0 radical (unpaired) electrons. The molecular weight excluding hydrogens is 463 g/mol. The van der Waals surface area contributed by atoms with Gasteiger partial charge in [-0.3, -0.25) is 9.10 Å². The van der Waals surface area contributed by atoms with Crippen LogP contribution in [0.2, 0.25) is 0 Å². The highest BCUT2D eigenvalue weighted by molar-refractivity contribution is 7.92. The molecule has 3 aromatic rings. The van der Waals surface area contributed by atoms with Crippen molar-refractivity contribution in [3.63, 3.8) is 0 Å². The maximum absolute atomic E-state index is 14.0. The summed E-state index contributed by atoms with van der Waals surface area (Å²) in [7, 11) is -1.41. The monoisotopic (exact) mass is 488 g/mol. The Balaban J connectivity index is 2.00. The summed E-state index contributed by atoms with van der Waals surface area (Å²) < 4.78 is 58.0. The third kappa shape index (κ3) is 5.57.